The van der Waals surface area contributed by atoms with Crippen molar-refractivity contribution >= 4 is 16.9 Å². The van der Waals surface area contributed by atoms with E-state index in [2.05, 4.69) is 27.1 Å². The number of nitrogens with zero attached hydrogens (tertiary/aromatic N) is 1. The average Bonchev–Trinajstić information content (AvgIpc) is 2.72. The van der Waals surface area contributed by atoms with E-state index in [4.69, 9.17) is 0 Å². The lowest BCUT2D eigenvalue weighted by Gasteiger charge is -1.94. The van der Waals surface area contributed by atoms with Gasteiger partial charge in [-0.15, -0.1) is 0 Å². The molecule has 2 aromatic heterocycles. The number of fused-ring (bicyclic) bond motifs is 1. The minimum absolute atomic E-state index is 0.0249. The second kappa shape index (κ2) is 5.17. The molecule has 0 unspecified atom stereocenters. The monoisotopic (exact) mass is 227 g/mol. The third-order valence-corrected chi connectivity index (χ3v) is 2.30. The summed E-state index contributed by atoms with van der Waals surface area (Å²) >= 11 is 0. The van der Waals surface area contributed by atoms with Crippen LogP contribution in [0.5, 0.6) is 0 Å². The zero-order valence-corrected chi connectivity index (χ0v) is 9.58. The number of carbonyl (C=O) groups excluding carboxylic acids is 1. The number of pyridine rings is 1. The van der Waals surface area contributed by atoms with Gasteiger partial charge in [0.15, 0.2) is 0 Å². The van der Waals surface area contributed by atoms with E-state index in [9.17, 15) is 4.79 Å². The van der Waals surface area contributed by atoms with Crippen LogP contribution in [0.4, 0.5) is 0 Å². The number of nitrogens with one attached hydrogen (secondary N) is 2. The topological polar surface area (TPSA) is 57.8 Å². The first-order valence-corrected chi connectivity index (χ1v) is 5.43. The first-order valence-electron chi connectivity index (χ1n) is 5.43. The Kier molecular flexibility index (Phi) is 3.41. The molecular formula is C13H13N3O. The number of H-pyrrole nitrogens is 1. The van der Waals surface area contributed by atoms with Crippen LogP contribution in [0.3, 0.4) is 0 Å². The summed E-state index contributed by atoms with van der Waals surface area (Å²) in [5.74, 6) is 6.07. The van der Waals surface area contributed by atoms with Gasteiger partial charge in [-0.3, -0.25) is 4.79 Å². The molecule has 0 saturated heterocycles. The number of hydrogen-bond acceptors (Lipinski definition) is 2. The molecule has 0 radical (unpaired) electrons. The van der Waals surface area contributed by atoms with Gasteiger partial charge in [0.25, 0.3) is 0 Å². The summed E-state index contributed by atoms with van der Waals surface area (Å²) in [4.78, 5) is 17.9. The molecule has 0 bridgehead atoms. The van der Waals surface area contributed by atoms with Gasteiger partial charge in [-0.2, -0.15) is 0 Å². The van der Waals surface area contributed by atoms with Crippen LogP contribution in [0.2, 0.25) is 0 Å². The predicted molar refractivity (Wildman–Crippen MR) is 66.3 cm³/mol. The van der Waals surface area contributed by atoms with Crippen molar-refractivity contribution in [3.05, 3.63) is 30.1 Å². The van der Waals surface area contributed by atoms with Gasteiger partial charge in [-0.25, -0.2) is 4.98 Å². The Morgan fingerprint density at radius 1 is 1.59 bits per heavy atom. The van der Waals surface area contributed by atoms with Gasteiger partial charge in [-0.1, -0.05) is 11.8 Å². The van der Waals surface area contributed by atoms with Crippen molar-refractivity contribution in [3.63, 3.8) is 0 Å². The largest absolute Gasteiger partial charge is 0.355 e. The fraction of sp³-hybridized carbons (Fsp3) is 0.231. The molecule has 0 saturated carbocycles. The Labute approximate surface area is 99.4 Å². The van der Waals surface area contributed by atoms with E-state index in [0.29, 0.717) is 13.0 Å². The fourth-order valence-electron chi connectivity index (χ4n) is 1.52. The molecule has 0 atom stereocenters. The van der Waals surface area contributed by atoms with Crippen molar-refractivity contribution in [2.24, 2.45) is 0 Å². The van der Waals surface area contributed by atoms with Crippen LogP contribution in [-0.2, 0) is 4.79 Å². The van der Waals surface area contributed by atoms with Crippen molar-refractivity contribution in [1.82, 2.24) is 15.3 Å². The summed E-state index contributed by atoms with van der Waals surface area (Å²) in [5, 5.41) is 3.73. The highest BCUT2D eigenvalue weighted by molar-refractivity contribution is 5.82. The highest BCUT2D eigenvalue weighted by Crippen LogP contribution is 2.13. The predicted octanol–water partition coefficient (Wildman–Crippen LogP) is 1.44. The molecule has 86 valence electrons. The molecule has 4 nitrogen and oxygen atoms in total. The van der Waals surface area contributed by atoms with Gasteiger partial charge >= 0.3 is 0 Å². The first-order chi connectivity index (χ1) is 8.27. The summed E-state index contributed by atoms with van der Waals surface area (Å²) in [6.45, 7) is 2.09. The molecule has 4 heteroatoms. The molecule has 0 aromatic carbocycles. The Hall–Kier alpha value is -2.28. The van der Waals surface area contributed by atoms with Gasteiger partial charge in [-0.05, 0) is 12.1 Å². The highest BCUT2D eigenvalue weighted by atomic mass is 16.1. The molecule has 0 aliphatic heterocycles. The lowest BCUT2D eigenvalue weighted by atomic mass is 10.2. The van der Waals surface area contributed by atoms with Crippen molar-refractivity contribution in [3.8, 4) is 11.8 Å². The average molecular weight is 227 g/mol. The number of hydrogen-bond donors (Lipinski definition) is 2. The Balaban J connectivity index is 2.04. The molecule has 2 N–H and O–H groups in total. The molecule has 17 heavy (non-hydrogen) atoms. The van der Waals surface area contributed by atoms with Crippen LogP contribution in [0.1, 0.15) is 18.9 Å². The molecule has 0 aliphatic rings. The van der Waals surface area contributed by atoms with Crippen molar-refractivity contribution in [1.29, 1.82) is 0 Å². The first kappa shape index (κ1) is 11.2. The quantitative estimate of drug-likeness (QED) is 0.602. The smallest absolute Gasteiger partial charge is 0.216 e. The van der Waals surface area contributed by atoms with E-state index >= 15 is 0 Å². The molecule has 1 amide bonds. The minimum atomic E-state index is -0.0249. The minimum Gasteiger partial charge on any atom is -0.355 e. The molecular weight excluding hydrogens is 214 g/mol. The van der Waals surface area contributed by atoms with Crippen LogP contribution in [0.25, 0.3) is 11.0 Å². The van der Waals surface area contributed by atoms with E-state index in [1.807, 2.05) is 18.3 Å². The summed E-state index contributed by atoms with van der Waals surface area (Å²) in [5.41, 5.74) is 1.79. The second-order valence-electron chi connectivity index (χ2n) is 3.64. The zero-order chi connectivity index (χ0) is 12.1. The summed E-state index contributed by atoms with van der Waals surface area (Å²) in [6.07, 6.45) is 4.24. The maximum absolute atomic E-state index is 10.6. The molecule has 0 spiro atoms. The number of aromatic amines is 1. The third kappa shape index (κ3) is 2.85. The molecule has 0 fully saturated rings. The SMILES string of the molecule is CC(=O)NCCC#Cc1c[nH]c2ncccc12. The van der Waals surface area contributed by atoms with Gasteiger partial charge in [0.05, 0.1) is 5.56 Å². The van der Waals surface area contributed by atoms with Crippen LogP contribution >= 0.6 is 0 Å². The zero-order valence-electron chi connectivity index (χ0n) is 9.58. The lowest BCUT2D eigenvalue weighted by molar-refractivity contribution is -0.118. The van der Waals surface area contributed by atoms with E-state index in [-0.39, 0.29) is 5.91 Å². The lowest BCUT2D eigenvalue weighted by Crippen LogP contribution is -2.20. The maximum atomic E-state index is 10.6. The third-order valence-electron chi connectivity index (χ3n) is 2.30. The van der Waals surface area contributed by atoms with Gasteiger partial charge in [0.2, 0.25) is 5.91 Å². The van der Waals surface area contributed by atoms with Crippen LogP contribution in [0, 0.1) is 11.8 Å². The Morgan fingerprint density at radius 2 is 2.47 bits per heavy atom. The molecule has 2 aromatic rings. The van der Waals surface area contributed by atoms with Crippen LogP contribution < -0.4 is 5.32 Å². The van der Waals surface area contributed by atoms with E-state index in [1.165, 1.54) is 6.92 Å². The maximum Gasteiger partial charge on any atom is 0.216 e. The molecule has 2 heterocycles. The van der Waals surface area contributed by atoms with Crippen LogP contribution in [-0.4, -0.2) is 22.4 Å². The van der Waals surface area contributed by atoms with E-state index < -0.39 is 0 Å². The van der Waals surface area contributed by atoms with Gasteiger partial charge in [0.1, 0.15) is 5.65 Å². The summed E-state index contributed by atoms with van der Waals surface area (Å²) in [7, 11) is 0. The normalized spacial score (nSPS) is 9.71. The van der Waals surface area contributed by atoms with Crippen molar-refractivity contribution < 1.29 is 4.79 Å². The second-order valence-corrected chi connectivity index (χ2v) is 3.64. The fourth-order valence-corrected chi connectivity index (χ4v) is 1.52. The molecule has 2 rings (SSSR count). The summed E-state index contributed by atoms with van der Waals surface area (Å²) < 4.78 is 0. The number of amides is 1. The van der Waals surface area contributed by atoms with Gasteiger partial charge < -0.3 is 10.3 Å². The number of carbonyl (C=O) groups is 1. The number of rotatable bonds is 2. The van der Waals surface area contributed by atoms with E-state index in [1.54, 1.807) is 6.20 Å². The number of aromatic nitrogens is 2. The Morgan fingerprint density at radius 3 is 3.29 bits per heavy atom. The standard InChI is InChI=1S/C13H13N3O/c1-10(17)14-7-3-2-5-11-9-16-13-12(11)6-4-8-15-13/h4,6,8-9H,3,7H2,1H3,(H,14,17)(H,15,16). The Bertz CT molecular complexity index is 589. The van der Waals surface area contributed by atoms with Gasteiger partial charge in [0, 0.05) is 37.7 Å². The van der Waals surface area contributed by atoms with Crippen LogP contribution in [0.15, 0.2) is 24.5 Å². The van der Waals surface area contributed by atoms with Crippen molar-refractivity contribution in [2.45, 2.75) is 13.3 Å². The highest BCUT2D eigenvalue weighted by Gasteiger charge is 1.99. The van der Waals surface area contributed by atoms with Crippen molar-refractivity contribution in [2.75, 3.05) is 6.54 Å². The van der Waals surface area contributed by atoms with E-state index in [0.717, 1.165) is 16.6 Å². The summed E-state index contributed by atoms with van der Waals surface area (Å²) in [6, 6.07) is 3.87. The molecule has 0 aliphatic carbocycles.